The van der Waals surface area contributed by atoms with Crippen LogP contribution in [0.5, 0.6) is 0 Å². The summed E-state index contributed by atoms with van der Waals surface area (Å²) < 4.78 is 0. The zero-order chi connectivity index (χ0) is 15.2. The number of hydrogen-bond donors (Lipinski definition) is 3. The molecule has 2 fully saturated rings. The van der Waals surface area contributed by atoms with Gasteiger partial charge in [-0.3, -0.25) is 4.79 Å². The molecule has 0 aromatic rings. The van der Waals surface area contributed by atoms with Gasteiger partial charge in [-0.05, 0) is 50.5 Å². The van der Waals surface area contributed by atoms with Crippen LogP contribution in [0.1, 0.15) is 58.8 Å². The van der Waals surface area contributed by atoms with E-state index in [2.05, 4.69) is 29.8 Å². The van der Waals surface area contributed by atoms with Crippen molar-refractivity contribution in [1.29, 1.82) is 0 Å². The van der Waals surface area contributed by atoms with Crippen LogP contribution in [0.4, 0.5) is 0 Å². The number of piperidine rings is 1. The molecule has 2 aliphatic rings. The first-order valence-corrected chi connectivity index (χ1v) is 8.82. The van der Waals surface area contributed by atoms with Gasteiger partial charge >= 0.3 is 0 Å². The Morgan fingerprint density at radius 2 is 2.00 bits per heavy atom. The molecule has 122 valence electrons. The molecule has 0 spiro atoms. The van der Waals surface area contributed by atoms with Crippen LogP contribution in [0.2, 0.25) is 0 Å². The highest BCUT2D eigenvalue weighted by Crippen LogP contribution is 2.32. The van der Waals surface area contributed by atoms with Crippen LogP contribution in [0.3, 0.4) is 0 Å². The Morgan fingerprint density at radius 1 is 1.19 bits per heavy atom. The molecule has 1 saturated heterocycles. The van der Waals surface area contributed by atoms with Gasteiger partial charge in [-0.15, -0.1) is 0 Å². The molecule has 0 aromatic carbocycles. The van der Waals surface area contributed by atoms with Crippen molar-refractivity contribution in [2.45, 2.75) is 76.9 Å². The van der Waals surface area contributed by atoms with E-state index in [-0.39, 0.29) is 11.9 Å². The molecule has 1 saturated carbocycles. The zero-order valence-electron chi connectivity index (χ0n) is 14.0. The average molecular weight is 295 g/mol. The van der Waals surface area contributed by atoms with E-state index in [0.29, 0.717) is 23.9 Å². The van der Waals surface area contributed by atoms with Crippen LogP contribution < -0.4 is 16.0 Å². The van der Waals surface area contributed by atoms with Crippen molar-refractivity contribution in [3.05, 3.63) is 0 Å². The predicted molar refractivity (Wildman–Crippen MR) is 87.2 cm³/mol. The molecule has 0 aromatic heterocycles. The number of hydrogen-bond acceptors (Lipinski definition) is 3. The Bertz CT molecular complexity index is 326. The SMILES string of the molecule is CNC(=O)C(CC(C)C)NC1CCCC1C1CCCCN1. The summed E-state index contributed by atoms with van der Waals surface area (Å²) in [5.41, 5.74) is 0. The molecular formula is C17H33N3O. The molecule has 4 atom stereocenters. The van der Waals surface area contributed by atoms with Crippen molar-refractivity contribution in [3.63, 3.8) is 0 Å². The molecule has 4 heteroatoms. The lowest BCUT2D eigenvalue weighted by molar-refractivity contribution is -0.123. The number of amides is 1. The van der Waals surface area contributed by atoms with Gasteiger partial charge in [-0.1, -0.05) is 26.7 Å². The molecule has 4 unspecified atom stereocenters. The summed E-state index contributed by atoms with van der Waals surface area (Å²) in [4.78, 5) is 12.1. The number of carbonyl (C=O) groups excluding carboxylic acids is 1. The maximum atomic E-state index is 12.1. The summed E-state index contributed by atoms with van der Waals surface area (Å²) in [6.07, 6.45) is 8.70. The quantitative estimate of drug-likeness (QED) is 0.703. The standard InChI is InChI=1S/C17H33N3O/c1-12(2)11-16(17(21)18-3)20-15-9-6-7-13(15)14-8-4-5-10-19-14/h12-16,19-20H,4-11H2,1-3H3,(H,18,21). The van der Waals surface area contributed by atoms with E-state index in [9.17, 15) is 4.79 Å². The van der Waals surface area contributed by atoms with Gasteiger partial charge < -0.3 is 16.0 Å². The Kier molecular flexibility index (Phi) is 6.49. The topological polar surface area (TPSA) is 53.2 Å². The number of nitrogens with one attached hydrogen (secondary N) is 3. The van der Waals surface area contributed by atoms with Gasteiger partial charge in [0.15, 0.2) is 0 Å². The fraction of sp³-hybridized carbons (Fsp3) is 0.941. The summed E-state index contributed by atoms with van der Waals surface area (Å²) in [7, 11) is 1.74. The Balaban J connectivity index is 1.95. The fourth-order valence-electron chi connectivity index (χ4n) is 4.08. The smallest absolute Gasteiger partial charge is 0.236 e. The molecule has 2 rings (SSSR count). The summed E-state index contributed by atoms with van der Waals surface area (Å²) in [6, 6.07) is 1.12. The van der Waals surface area contributed by atoms with Crippen LogP contribution in [0, 0.1) is 11.8 Å². The summed E-state index contributed by atoms with van der Waals surface area (Å²) in [5, 5.41) is 10.2. The molecule has 4 nitrogen and oxygen atoms in total. The lowest BCUT2D eigenvalue weighted by Gasteiger charge is -2.35. The number of likely N-dealkylation sites (N-methyl/N-ethyl adjacent to an activating group) is 1. The minimum atomic E-state index is -0.0378. The molecule has 3 N–H and O–H groups in total. The van der Waals surface area contributed by atoms with E-state index in [4.69, 9.17) is 0 Å². The van der Waals surface area contributed by atoms with Crippen molar-refractivity contribution in [1.82, 2.24) is 16.0 Å². The van der Waals surface area contributed by atoms with Crippen LogP contribution >= 0.6 is 0 Å². The highest BCUT2D eigenvalue weighted by molar-refractivity contribution is 5.81. The van der Waals surface area contributed by atoms with Gasteiger partial charge in [0, 0.05) is 19.1 Å². The fourth-order valence-corrected chi connectivity index (χ4v) is 4.08. The predicted octanol–water partition coefficient (Wildman–Crippen LogP) is 2.05. The molecular weight excluding hydrogens is 262 g/mol. The van der Waals surface area contributed by atoms with Gasteiger partial charge in [-0.2, -0.15) is 0 Å². The third kappa shape index (κ3) is 4.68. The monoisotopic (exact) mass is 295 g/mol. The van der Waals surface area contributed by atoms with Crippen LogP contribution in [-0.2, 0) is 4.79 Å². The highest BCUT2D eigenvalue weighted by atomic mass is 16.2. The van der Waals surface area contributed by atoms with E-state index < -0.39 is 0 Å². The molecule has 1 heterocycles. The molecule has 1 aliphatic heterocycles. The van der Waals surface area contributed by atoms with E-state index in [0.717, 1.165) is 6.42 Å². The minimum Gasteiger partial charge on any atom is -0.358 e. The average Bonchev–Trinajstić information content (AvgIpc) is 2.94. The lowest BCUT2D eigenvalue weighted by Crippen LogP contribution is -2.53. The van der Waals surface area contributed by atoms with Gasteiger partial charge in [-0.25, -0.2) is 0 Å². The minimum absolute atomic E-state index is 0.0378. The summed E-state index contributed by atoms with van der Waals surface area (Å²) >= 11 is 0. The first kappa shape index (κ1) is 16.8. The van der Waals surface area contributed by atoms with Gasteiger partial charge in [0.1, 0.15) is 0 Å². The van der Waals surface area contributed by atoms with E-state index in [1.54, 1.807) is 7.05 Å². The molecule has 0 bridgehead atoms. The second kappa shape index (κ2) is 8.14. The Hall–Kier alpha value is -0.610. The first-order valence-electron chi connectivity index (χ1n) is 8.82. The van der Waals surface area contributed by atoms with Gasteiger partial charge in [0.05, 0.1) is 6.04 Å². The maximum absolute atomic E-state index is 12.1. The number of rotatable bonds is 6. The van der Waals surface area contributed by atoms with Crippen molar-refractivity contribution < 1.29 is 4.79 Å². The van der Waals surface area contributed by atoms with Gasteiger partial charge in [0.25, 0.3) is 0 Å². The summed E-state index contributed by atoms with van der Waals surface area (Å²) in [5.74, 6) is 1.38. The second-order valence-electron chi connectivity index (χ2n) is 7.22. The molecule has 21 heavy (non-hydrogen) atoms. The Morgan fingerprint density at radius 3 is 2.62 bits per heavy atom. The van der Waals surface area contributed by atoms with Crippen molar-refractivity contribution >= 4 is 5.91 Å². The van der Waals surface area contributed by atoms with Crippen molar-refractivity contribution in [3.8, 4) is 0 Å². The zero-order valence-corrected chi connectivity index (χ0v) is 14.0. The first-order chi connectivity index (χ1) is 10.1. The second-order valence-corrected chi connectivity index (χ2v) is 7.22. The summed E-state index contributed by atoms with van der Waals surface area (Å²) in [6.45, 7) is 5.54. The highest BCUT2D eigenvalue weighted by Gasteiger charge is 2.36. The molecule has 1 aliphatic carbocycles. The number of carbonyl (C=O) groups is 1. The normalized spacial score (nSPS) is 31.3. The van der Waals surface area contributed by atoms with Crippen molar-refractivity contribution in [2.75, 3.05) is 13.6 Å². The largest absolute Gasteiger partial charge is 0.358 e. The lowest BCUT2D eigenvalue weighted by atomic mass is 9.87. The van der Waals surface area contributed by atoms with Crippen LogP contribution in [0.25, 0.3) is 0 Å². The third-order valence-corrected chi connectivity index (χ3v) is 5.12. The van der Waals surface area contributed by atoms with Crippen LogP contribution in [0.15, 0.2) is 0 Å². The van der Waals surface area contributed by atoms with E-state index in [1.165, 1.54) is 45.1 Å². The van der Waals surface area contributed by atoms with E-state index in [1.807, 2.05) is 0 Å². The maximum Gasteiger partial charge on any atom is 0.236 e. The molecule has 0 radical (unpaired) electrons. The Labute approximate surface area is 129 Å². The van der Waals surface area contributed by atoms with E-state index >= 15 is 0 Å². The van der Waals surface area contributed by atoms with Crippen molar-refractivity contribution in [2.24, 2.45) is 11.8 Å². The molecule has 1 amide bonds. The van der Waals surface area contributed by atoms with Gasteiger partial charge in [0.2, 0.25) is 5.91 Å². The van der Waals surface area contributed by atoms with Crippen LogP contribution in [-0.4, -0.2) is 37.6 Å². The third-order valence-electron chi connectivity index (χ3n) is 5.12.